The Labute approximate surface area is 46.7 Å². The first-order valence-electron chi connectivity index (χ1n) is 1.49. The molecule has 4 unspecified atom stereocenters. The Hall–Kier alpha value is 1.46. The van der Waals surface area contributed by atoms with Crippen molar-refractivity contribution in [1.29, 1.82) is 0 Å². The summed E-state index contributed by atoms with van der Waals surface area (Å²) in [5.41, 5.74) is 0. The number of rotatable bonds is 2. The number of hydrogen-bond acceptors (Lipinski definition) is 0. The van der Waals surface area contributed by atoms with Crippen LogP contribution in [0.25, 0.3) is 0 Å². The van der Waals surface area contributed by atoms with Crippen LogP contribution in [0.2, 0.25) is 0 Å². The maximum Gasteiger partial charge on any atom is -0.0588 e. The van der Waals surface area contributed by atoms with Gasteiger partial charge in [0.15, 0.2) is 0 Å². The molecule has 0 aromatic rings. The summed E-state index contributed by atoms with van der Waals surface area (Å²) in [7, 11) is 7.12. The van der Waals surface area contributed by atoms with Gasteiger partial charge in [0.2, 0.25) is 0 Å². The molecule has 0 aromatic carbocycles. The van der Waals surface area contributed by atoms with Crippen LogP contribution in [0.15, 0.2) is 11.6 Å². The molecule has 0 aliphatic carbocycles. The summed E-state index contributed by atoms with van der Waals surface area (Å²) >= 11 is 0. The molecule has 0 aromatic heterocycles. The van der Waals surface area contributed by atoms with E-state index in [2.05, 4.69) is 29.5 Å². The standard InChI is InChI=1S/C2H8P4/c3-5-1-2-6-4/h1-2,5-6H,3-4H2. The zero-order valence-electron chi connectivity index (χ0n) is 3.31. The highest BCUT2D eigenvalue weighted by atomic mass is 32.0. The molecular weight excluding hydrogens is 148 g/mol. The largest absolute Gasteiger partial charge is 0.110 e. The second-order valence-electron chi connectivity index (χ2n) is 0.667. The minimum atomic E-state index is 0.894. The molecule has 36 valence electrons. The molecule has 0 saturated heterocycles. The Bertz CT molecular complexity index is 34.8. The van der Waals surface area contributed by atoms with E-state index < -0.39 is 0 Å². The summed E-state index contributed by atoms with van der Waals surface area (Å²) in [5, 5.41) is 0. The molecule has 0 bridgehead atoms. The van der Waals surface area contributed by atoms with Crippen LogP contribution in [0.4, 0.5) is 0 Å². The van der Waals surface area contributed by atoms with Gasteiger partial charge < -0.3 is 0 Å². The first-order chi connectivity index (χ1) is 2.91. The minimum Gasteiger partial charge on any atom is -0.110 e. The first kappa shape index (κ1) is 7.46. The van der Waals surface area contributed by atoms with Gasteiger partial charge in [-0.15, -0.1) is 17.9 Å². The van der Waals surface area contributed by atoms with E-state index >= 15 is 0 Å². The minimum absolute atomic E-state index is 0.894. The van der Waals surface area contributed by atoms with Crippen molar-refractivity contribution >= 4 is 34.4 Å². The third-order valence-electron chi connectivity index (χ3n) is 0.276. The fourth-order valence-corrected chi connectivity index (χ4v) is 2.60. The lowest BCUT2D eigenvalue weighted by Gasteiger charge is -1.73. The highest BCUT2D eigenvalue weighted by Crippen LogP contribution is 2.28. The van der Waals surface area contributed by atoms with Crippen molar-refractivity contribution in [3.05, 3.63) is 11.6 Å². The lowest BCUT2D eigenvalue weighted by molar-refractivity contribution is 2.56. The summed E-state index contributed by atoms with van der Waals surface area (Å²) in [6.45, 7) is 0. The maximum absolute atomic E-state index is 2.67. The van der Waals surface area contributed by atoms with E-state index in [1.807, 2.05) is 0 Å². The molecule has 0 saturated carbocycles. The molecular formula is C2H8P4. The van der Waals surface area contributed by atoms with E-state index in [1.165, 1.54) is 0 Å². The highest BCUT2D eigenvalue weighted by molar-refractivity contribution is 8.06. The van der Waals surface area contributed by atoms with Crippen molar-refractivity contribution in [2.75, 3.05) is 0 Å². The molecule has 0 fully saturated rings. The van der Waals surface area contributed by atoms with Gasteiger partial charge in [-0.2, -0.15) is 0 Å². The second-order valence-corrected chi connectivity index (χ2v) is 4.00. The van der Waals surface area contributed by atoms with E-state index in [4.69, 9.17) is 0 Å². The van der Waals surface area contributed by atoms with Crippen molar-refractivity contribution in [2.24, 2.45) is 0 Å². The van der Waals surface area contributed by atoms with E-state index in [0.29, 0.717) is 0 Å². The van der Waals surface area contributed by atoms with Crippen molar-refractivity contribution in [3.63, 3.8) is 0 Å². The molecule has 0 rings (SSSR count). The molecule has 4 atom stereocenters. The van der Waals surface area contributed by atoms with Gasteiger partial charge in [-0.3, -0.25) is 0 Å². The van der Waals surface area contributed by atoms with E-state index in [9.17, 15) is 0 Å². The molecule has 0 aliphatic rings. The van der Waals surface area contributed by atoms with Crippen molar-refractivity contribution in [3.8, 4) is 0 Å². The van der Waals surface area contributed by atoms with Gasteiger partial charge in [-0.1, -0.05) is 28.2 Å². The Morgan fingerprint density at radius 2 is 1.33 bits per heavy atom. The topological polar surface area (TPSA) is 0 Å². The van der Waals surface area contributed by atoms with Gasteiger partial charge >= 0.3 is 0 Å². The van der Waals surface area contributed by atoms with Gasteiger partial charge in [-0.25, -0.2) is 0 Å². The van der Waals surface area contributed by atoms with Crippen LogP contribution in [-0.2, 0) is 0 Å². The quantitative estimate of drug-likeness (QED) is 0.538. The molecule has 0 aliphatic heterocycles. The summed E-state index contributed by atoms with van der Waals surface area (Å²) in [4.78, 5) is 0. The zero-order valence-corrected chi connectivity index (χ0v) is 7.62. The SMILES string of the molecule is PPC=CPP. The molecule has 0 N–H and O–H groups in total. The fraction of sp³-hybridized carbons (Fsp3) is 0. The zero-order chi connectivity index (χ0) is 4.83. The Balaban J connectivity index is 2.73. The van der Waals surface area contributed by atoms with Crippen LogP contribution in [0, 0.1) is 0 Å². The highest BCUT2D eigenvalue weighted by Gasteiger charge is 1.59. The van der Waals surface area contributed by atoms with Gasteiger partial charge in [0.1, 0.15) is 0 Å². The fourth-order valence-electron chi connectivity index (χ4n) is 0.0962. The summed E-state index contributed by atoms with van der Waals surface area (Å²) in [6, 6.07) is 0. The first-order valence-corrected chi connectivity index (χ1v) is 7.26. The summed E-state index contributed by atoms with van der Waals surface area (Å²) < 4.78 is 0. The average Bonchev–Trinajstić information content (AvgIpc) is 1.61. The lowest BCUT2D eigenvalue weighted by Crippen LogP contribution is -1.19. The van der Waals surface area contributed by atoms with Crippen LogP contribution in [0.5, 0.6) is 0 Å². The smallest absolute Gasteiger partial charge is 0.0588 e. The second kappa shape index (κ2) is 6.46. The monoisotopic (exact) mass is 156 g/mol. The summed E-state index contributed by atoms with van der Waals surface area (Å²) in [6.07, 6.45) is 0. The summed E-state index contributed by atoms with van der Waals surface area (Å²) in [5.74, 6) is 4.33. The third kappa shape index (κ3) is 5.46. The molecule has 4 heteroatoms. The molecule has 0 radical (unpaired) electrons. The van der Waals surface area contributed by atoms with Crippen LogP contribution in [0.1, 0.15) is 0 Å². The maximum atomic E-state index is 2.67. The van der Waals surface area contributed by atoms with Gasteiger partial charge in [0.05, 0.1) is 0 Å². The Morgan fingerprint density at radius 1 is 1.00 bits per heavy atom. The molecule has 0 nitrogen and oxygen atoms in total. The van der Waals surface area contributed by atoms with Gasteiger partial charge in [0.25, 0.3) is 0 Å². The molecule has 6 heavy (non-hydrogen) atoms. The lowest BCUT2D eigenvalue weighted by atomic mass is 11.3. The Morgan fingerprint density at radius 3 is 1.50 bits per heavy atom. The predicted molar refractivity (Wildman–Crippen MR) is 45.2 cm³/mol. The van der Waals surface area contributed by atoms with Crippen LogP contribution < -0.4 is 0 Å². The van der Waals surface area contributed by atoms with Gasteiger partial charge in [0, 0.05) is 0 Å². The van der Waals surface area contributed by atoms with E-state index in [1.54, 1.807) is 0 Å². The normalized spacial score (nSPS) is 14.3. The van der Waals surface area contributed by atoms with E-state index in [0.717, 1.165) is 16.5 Å². The molecule has 0 amide bonds. The van der Waals surface area contributed by atoms with Crippen molar-refractivity contribution < 1.29 is 0 Å². The third-order valence-corrected chi connectivity index (χ3v) is 2.48. The van der Waals surface area contributed by atoms with Crippen molar-refractivity contribution in [2.45, 2.75) is 0 Å². The predicted octanol–water partition coefficient (Wildman–Crippen LogP) is 2.39. The van der Waals surface area contributed by atoms with Crippen LogP contribution in [0.3, 0.4) is 0 Å². The average molecular weight is 156 g/mol. The van der Waals surface area contributed by atoms with Crippen LogP contribution >= 0.6 is 34.4 Å². The number of hydrogen-bond donors (Lipinski definition) is 0. The molecule has 0 heterocycles. The van der Waals surface area contributed by atoms with E-state index in [-0.39, 0.29) is 0 Å². The van der Waals surface area contributed by atoms with Gasteiger partial charge in [-0.05, 0) is 0 Å². The Kier molecular flexibility index (Phi) is 8.03. The van der Waals surface area contributed by atoms with Crippen LogP contribution in [-0.4, -0.2) is 0 Å². The molecule has 0 spiro atoms. The van der Waals surface area contributed by atoms with Crippen molar-refractivity contribution in [1.82, 2.24) is 0 Å².